The summed E-state index contributed by atoms with van der Waals surface area (Å²) in [5, 5.41) is 15.1. The summed E-state index contributed by atoms with van der Waals surface area (Å²) in [4.78, 5) is 9.65. The summed E-state index contributed by atoms with van der Waals surface area (Å²) < 4.78 is 15.9. The molecule has 1 aromatic carbocycles. The number of piperidine rings is 1. The fourth-order valence-corrected chi connectivity index (χ4v) is 5.23. The maximum absolute atomic E-state index is 14.1. The van der Waals surface area contributed by atoms with Gasteiger partial charge in [-0.15, -0.1) is 0 Å². The van der Waals surface area contributed by atoms with Gasteiger partial charge in [-0.05, 0) is 79.8 Å². The van der Waals surface area contributed by atoms with Gasteiger partial charge in [-0.2, -0.15) is 19.6 Å². The van der Waals surface area contributed by atoms with Crippen LogP contribution in [0.1, 0.15) is 68.6 Å². The Morgan fingerprint density at radius 1 is 1.03 bits per heavy atom. The number of aryl methyl sites for hydroxylation is 1. The molecule has 2 bridgehead atoms. The first-order valence-corrected chi connectivity index (χ1v) is 12.2. The van der Waals surface area contributed by atoms with Crippen LogP contribution in [0, 0.1) is 11.2 Å². The van der Waals surface area contributed by atoms with Gasteiger partial charge in [-0.1, -0.05) is 26.3 Å². The summed E-state index contributed by atoms with van der Waals surface area (Å²) in [6, 6.07) is 5.15. The van der Waals surface area contributed by atoms with Gasteiger partial charge < -0.3 is 16.0 Å². The molecule has 2 aliphatic rings. The second-order valence-electron chi connectivity index (χ2n) is 9.94. The van der Waals surface area contributed by atoms with Crippen LogP contribution in [-0.4, -0.2) is 39.2 Å². The van der Waals surface area contributed by atoms with Crippen LogP contribution in [-0.2, 0) is 13.0 Å². The summed E-state index contributed by atoms with van der Waals surface area (Å²) in [6.45, 7) is 7.76. The van der Waals surface area contributed by atoms with Crippen molar-refractivity contribution in [2.24, 2.45) is 5.41 Å². The van der Waals surface area contributed by atoms with Crippen molar-refractivity contribution in [2.75, 3.05) is 30.3 Å². The molecule has 2 aliphatic heterocycles. The molecule has 2 aromatic heterocycles. The lowest BCUT2D eigenvalue weighted by molar-refractivity contribution is 0.195. The van der Waals surface area contributed by atoms with E-state index in [9.17, 15) is 4.39 Å². The van der Waals surface area contributed by atoms with Crippen LogP contribution in [0.4, 0.5) is 16.3 Å². The van der Waals surface area contributed by atoms with Crippen molar-refractivity contribution >= 4 is 17.5 Å². The van der Waals surface area contributed by atoms with E-state index in [0.717, 1.165) is 68.5 Å². The molecule has 176 valence electrons. The number of halogens is 1. The van der Waals surface area contributed by atoms with E-state index in [1.807, 2.05) is 12.3 Å². The summed E-state index contributed by atoms with van der Waals surface area (Å²) in [5.41, 5.74) is 4.32. The van der Waals surface area contributed by atoms with Gasteiger partial charge in [0.05, 0.1) is 6.20 Å². The Balaban J connectivity index is 1.56. The molecule has 7 nitrogen and oxygen atoms in total. The second-order valence-corrected chi connectivity index (χ2v) is 9.94. The lowest BCUT2D eigenvalue weighted by atomic mass is 9.74. The predicted molar refractivity (Wildman–Crippen MR) is 129 cm³/mol. The normalized spacial score (nSPS) is 19.0. The third-order valence-corrected chi connectivity index (χ3v) is 7.31. The first-order chi connectivity index (χ1) is 16.0. The Labute approximate surface area is 194 Å². The Bertz CT molecular complexity index is 1120. The number of fused-ring (bicyclic) bond motifs is 5. The molecule has 5 rings (SSSR count). The zero-order chi connectivity index (χ0) is 22.8. The zero-order valence-electron chi connectivity index (χ0n) is 19.6. The van der Waals surface area contributed by atoms with Crippen molar-refractivity contribution in [1.82, 2.24) is 24.9 Å². The van der Waals surface area contributed by atoms with Gasteiger partial charge in [-0.25, -0.2) is 4.39 Å². The molecule has 0 aliphatic carbocycles. The number of benzene rings is 1. The summed E-state index contributed by atoms with van der Waals surface area (Å²) in [6.07, 6.45) is 8.59. The third kappa shape index (κ3) is 4.67. The largest absolute Gasteiger partial charge is 0.354 e. The average Bonchev–Trinajstić information content (AvgIpc) is 3.25. The van der Waals surface area contributed by atoms with Crippen LogP contribution in [0.15, 0.2) is 24.4 Å². The molecule has 1 saturated heterocycles. The van der Waals surface area contributed by atoms with Crippen molar-refractivity contribution in [3.8, 4) is 0 Å². The van der Waals surface area contributed by atoms with Crippen molar-refractivity contribution in [1.29, 1.82) is 0 Å². The number of rotatable bonds is 1. The summed E-state index contributed by atoms with van der Waals surface area (Å²) in [5.74, 6) is 1.35. The molecule has 33 heavy (non-hydrogen) atoms. The molecule has 0 radical (unpaired) electrons. The van der Waals surface area contributed by atoms with Crippen LogP contribution in [0.25, 0.3) is 5.65 Å². The van der Waals surface area contributed by atoms with E-state index < -0.39 is 0 Å². The molecule has 1 fully saturated rings. The summed E-state index contributed by atoms with van der Waals surface area (Å²) in [7, 11) is 0. The van der Waals surface area contributed by atoms with E-state index in [-0.39, 0.29) is 11.2 Å². The van der Waals surface area contributed by atoms with Gasteiger partial charge in [0.25, 0.3) is 0 Å². The smallest absolute Gasteiger partial charge is 0.229 e. The minimum atomic E-state index is -0.207. The van der Waals surface area contributed by atoms with E-state index in [4.69, 9.17) is 9.97 Å². The molecule has 4 heterocycles. The van der Waals surface area contributed by atoms with Crippen LogP contribution < -0.4 is 16.0 Å². The van der Waals surface area contributed by atoms with Gasteiger partial charge in [0, 0.05) is 18.7 Å². The number of hydrogen-bond donors (Lipinski definition) is 3. The van der Waals surface area contributed by atoms with E-state index >= 15 is 0 Å². The fourth-order valence-electron chi connectivity index (χ4n) is 5.23. The Kier molecular flexibility index (Phi) is 6.19. The van der Waals surface area contributed by atoms with Gasteiger partial charge in [0.1, 0.15) is 5.82 Å². The summed E-state index contributed by atoms with van der Waals surface area (Å²) >= 11 is 0. The van der Waals surface area contributed by atoms with E-state index in [1.165, 1.54) is 12.0 Å². The Morgan fingerprint density at radius 2 is 1.88 bits per heavy atom. The lowest BCUT2D eigenvalue weighted by Gasteiger charge is -2.38. The molecule has 0 atom stereocenters. The highest BCUT2D eigenvalue weighted by Gasteiger charge is 2.32. The van der Waals surface area contributed by atoms with Gasteiger partial charge in [0.2, 0.25) is 11.9 Å². The zero-order valence-corrected chi connectivity index (χ0v) is 19.6. The number of anilines is 2. The SMILES string of the molecule is CC(C)c1cnn2c3nc(nc12)NCC1(CCCCc2ccc(F)cc2CN3)CCNCC1. The first kappa shape index (κ1) is 22.1. The molecule has 1 spiro atoms. The Hall–Kier alpha value is -2.74. The number of nitrogens with one attached hydrogen (secondary N) is 3. The van der Waals surface area contributed by atoms with Gasteiger partial charge in [-0.3, -0.25) is 0 Å². The number of hydrogen-bond acceptors (Lipinski definition) is 6. The standard InChI is InChI=1S/C25H34FN7/c1-17(2)21-15-30-33-22(21)31-23-29-16-25(9-11-27-12-10-25)8-4-3-5-18-6-7-20(26)13-19(18)14-28-24(33)32-23/h6-7,13,15,17,27H,3-5,8-12,14,16H2,1-2H3,(H2,28,29,31,32). The quantitative estimate of drug-likeness (QED) is 0.505. The van der Waals surface area contributed by atoms with E-state index in [1.54, 1.807) is 16.6 Å². The van der Waals surface area contributed by atoms with Gasteiger partial charge in [0.15, 0.2) is 5.65 Å². The average molecular weight is 452 g/mol. The van der Waals surface area contributed by atoms with E-state index in [0.29, 0.717) is 24.4 Å². The minimum Gasteiger partial charge on any atom is -0.354 e. The molecule has 3 N–H and O–H groups in total. The third-order valence-electron chi connectivity index (χ3n) is 7.31. The highest BCUT2D eigenvalue weighted by atomic mass is 19.1. The lowest BCUT2D eigenvalue weighted by Crippen LogP contribution is -2.41. The van der Waals surface area contributed by atoms with Crippen LogP contribution in [0.2, 0.25) is 0 Å². The van der Waals surface area contributed by atoms with Gasteiger partial charge >= 0.3 is 0 Å². The topological polar surface area (TPSA) is 79.2 Å². The minimum absolute atomic E-state index is 0.207. The molecular weight excluding hydrogens is 417 g/mol. The monoisotopic (exact) mass is 451 g/mol. The second kappa shape index (κ2) is 9.25. The molecule has 3 aromatic rings. The highest BCUT2D eigenvalue weighted by molar-refractivity contribution is 5.56. The maximum Gasteiger partial charge on any atom is 0.229 e. The predicted octanol–water partition coefficient (Wildman–Crippen LogP) is 4.51. The Morgan fingerprint density at radius 3 is 2.70 bits per heavy atom. The number of aromatic nitrogens is 4. The first-order valence-electron chi connectivity index (χ1n) is 12.2. The maximum atomic E-state index is 14.1. The molecule has 0 saturated carbocycles. The highest BCUT2D eigenvalue weighted by Crippen LogP contribution is 2.35. The van der Waals surface area contributed by atoms with Crippen molar-refractivity contribution in [3.05, 3.63) is 46.9 Å². The fraction of sp³-hybridized carbons (Fsp3) is 0.560. The van der Waals surface area contributed by atoms with Crippen molar-refractivity contribution in [3.63, 3.8) is 0 Å². The molecule has 0 amide bonds. The number of nitrogens with zero attached hydrogens (tertiary/aromatic N) is 4. The molecule has 8 heteroatoms. The van der Waals surface area contributed by atoms with E-state index in [2.05, 4.69) is 34.9 Å². The van der Waals surface area contributed by atoms with Crippen LogP contribution >= 0.6 is 0 Å². The van der Waals surface area contributed by atoms with Crippen LogP contribution in [0.3, 0.4) is 0 Å². The molecular formula is C25H34FN7. The molecule has 0 unspecified atom stereocenters. The van der Waals surface area contributed by atoms with Crippen molar-refractivity contribution < 1.29 is 4.39 Å². The van der Waals surface area contributed by atoms with Crippen LogP contribution in [0.5, 0.6) is 0 Å². The van der Waals surface area contributed by atoms with Crippen molar-refractivity contribution in [2.45, 2.75) is 64.8 Å².